The molecule has 1 aromatic heterocycles. The fraction of sp³-hybridized carbons (Fsp3) is 0.500. The quantitative estimate of drug-likeness (QED) is 0.495. The number of carbonyl (C=O) groups excluding carboxylic acids is 2. The van der Waals surface area contributed by atoms with E-state index < -0.39 is 6.04 Å². The van der Waals surface area contributed by atoms with Gasteiger partial charge in [0, 0.05) is 25.9 Å². The van der Waals surface area contributed by atoms with Gasteiger partial charge in [-0.15, -0.1) is 0 Å². The molecule has 1 rings (SSSR count). The number of aliphatic hydroxyl groups is 1. The second kappa shape index (κ2) is 10.4. The third-order valence-electron chi connectivity index (χ3n) is 2.37. The molecule has 0 radical (unpaired) electrons. The van der Waals surface area contributed by atoms with E-state index in [0.717, 1.165) is 0 Å². The fourth-order valence-electron chi connectivity index (χ4n) is 1.59. The molecule has 0 spiro atoms. The number of aliphatic hydroxyl groups excluding tert-OH is 1. The van der Waals surface area contributed by atoms with Crippen molar-refractivity contribution in [3.8, 4) is 0 Å². The number of hydrogen-bond acceptors (Lipinski definition) is 5. The summed E-state index contributed by atoms with van der Waals surface area (Å²) in [5.41, 5.74) is 0. The van der Waals surface area contributed by atoms with Crippen molar-refractivity contribution in [3.63, 3.8) is 0 Å². The monoisotopic (exact) mass is 300 g/mol. The topological polar surface area (TPSA) is 136 Å². The first kappa shape index (κ1) is 18.6. The number of H-pyrrole nitrogens is 1. The number of rotatable bonds is 6. The SMILES string of the molecule is CC(=O)N[C@@H](C)C(=O)N(CCO)Cc1ncc[nH]1.O=CO. The van der Waals surface area contributed by atoms with Gasteiger partial charge in [-0.05, 0) is 6.92 Å². The van der Waals surface area contributed by atoms with Crippen LogP contribution in [0, 0.1) is 0 Å². The number of hydrogen-bond donors (Lipinski definition) is 4. The van der Waals surface area contributed by atoms with Crippen molar-refractivity contribution in [2.45, 2.75) is 26.4 Å². The smallest absolute Gasteiger partial charge is 0.290 e. The van der Waals surface area contributed by atoms with Gasteiger partial charge in [-0.25, -0.2) is 4.98 Å². The molecule has 2 amide bonds. The third-order valence-corrected chi connectivity index (χ3v) is 2.37. The van der Waals surface area contributed by atoms with Crippen LogP contribution in [0.3, 0.4) is 0 Å². The van der Waals surface area contributed by atoms with E-state index in [0.29, 0.717) is 5.82 Å². The predicted octanol–water partition coefficient (Wildman–Crippen LogP) is -1.04. The summed E-state index contributed by atoms with van der Waals surface area (Å²) in [5, 5.41) is 18.4. The van der Waals surface area contributed by atoms with Crippen LogP contribution in [-0.4, -0.2) is 62.6 Å². The summed E-state index contributed by atoms with van der Waals surface area (Å²) in [7, 11) is 0. The van der Waals surface area contributed by atoms with Gasteiger partial charge < -0.3 is 25.4 Å². The zero-order valence-corrected chi connectivity index (χ0v) is 11.9. The lowest BCUT2D eigenvalue weighted by molar-refractivity contribution is -0.136. The van der Waals surface area contributed by atoms with Crippen LogP contribution >= 0.6 is 0 Å². The molecule has 0 bridgehead atoms. The minimum absolute atomic E-state index is 0.140. The summed E-state index contributed by atoms with van der Waals surface area (Å²) >= 11 is 0. The van der Waals surface area contributed by atoms with Gasteiger partial charge >= 0.3 is 0 Å². The Morgan fingerprint density at radius 3 is 2.62 bits per heavy atom. The molecule has 0 unspecified atom stereocenters. The van der Waals surface area contributed by atoms with E-state index in [2.05, 4.69) is 15.3 Å². The largest absolute Gasteiger partial charge is 0.483 e. The number of nitrogens with one attached hydrogen (secondary N) is 2. The standard InChI is InChI=1S/C11H18N4O3.CH2O2/c1-8(14-9(2)17)11(18)15(5-6-16)7-10-12-3-4-13-10;2-1-3/h3-4,8,16H,5-7H2,1-2H3,(H,12,13)(H,14,17);1H,(H,2,3)/t8-;/m0./s1. The number of carbonyl (C=O) groups is 3. The van der Waals surface area contributed by atoms with Crippen LogP contribution in [0.25, 0.3) is 0 Å². The molecular weight excluding hydrogens is 280 g/mol. The molecule has 1 atom stereocenters. The summed E-state index contributed by atoms with van der Waals surface area (Å²) in [4.78, 5) is 39.7. The molecule has 0 saturated carbocycles. The first-order valence-corrected chi connectivity index (χ1v) is 6.19. The highest BCUT2D eigenvalue weighted by Gasteiger charge is 2.21. The number of aromatic amines is 1. The summed E-state index contributed by atoms with van der Waals surface area (Å²) in [6.45, 7) is 3.04. The van der Waals surface area contributed by atoms with E-state index in [-0.39, 0.29) is 38.0 Å². The van der Waals surface area contributed by atoms with Gasteiger partial charge in [-0.3, -0.25) is 14.4 Å². The van der Waals surface area contributed by atoms with Crippen LogP contribution in [0.4, 0.5) is 0 Å². The first-order chi connectivity index (χ1) is 9.96. The second-order valence-electron chi connectivity index (χ2n) is 4.05. The van der Waals surface area contributed by atoms with E-state index in [1.165, 1.54) is 11.8 Å². The maximum atomic E-state index is 12.1. The Hall–Kier alpha value is -2.42. The van der Waals surface area contributed by atoms with Crippen molar-refractivity contribution in [2.24, 2.45) is 0 Å². The summed E-state index contributed by atoms with van der Waals surface area (Å²) in [6.07, 6.45) is 3.25. The first-order valence-electron chi connectivity index (χ1n) is 6.19. The maximum absolute atomic E-state index is 12.1. The molecule has 0 saturated heterocycles. The Bertz CT molecular complexity index is 435. The second-order valence-corrected chi connectivity index (χ2v) is 4.05. The van der Waals surface area contributed by atoms with Gasteiger partial charge in [0.2, 0.25) is 11.8 Å². The lowest BCUT2D eigenvalue weighted by Gasteiger charge is -2.24. The van der Waals surface area contributed by atoms with Crippen molar-refractivity contribution >= 4 is 18.3 Å². The van der Waals surface area contributed by atoms with Crippen molar-refractivity contribution < 1.29 is 24.6 Å². The third kappa shape index (κ3) is 7.67. The Kier molecular flexibility index (Phi) is 9.18. The summed E-state index contributed by atoms with van der Waals surface area (Å²) in [6, 6.07) is -0.621. The summed E-state index contributed by atoms with van der Waals surface area (Å²) in [5.74, 6) is 0.111. The van der Waals surface area contributed by atoms with E-state index >= 15 is 0 Å². The maximum Gasteiger partial charge on any atom is 0.290 e. The van der Waals surface area contributed by atoms with Crippen LogP contribution in [0.15, 0.2) is 12.4 Å². The van der Waals surface area contributed by atoms with Crippen molar-refractivity contribution in [1.82, 2.24) is 20.2 Å². The zero-order chi connectivity index (χ0) is 16.3. The van der Waals surface area contributed by atoms with Gasteiger partial charge in [0.1, 0.15) is 11.9 Å². The van der Waals surface area contributed by atoms with E-state index in [9.17, 15) is 9.59 Å². The zero-order valence-electron chi connectivity index (χ0n) is 11.9. The fourth-order valence-corrected chi connectivity index (χ4v) is 1.59. The molecule has 0 aliphatic rings. The average Bonchev–Trinajstić information content (AvgIpc) is 2.90. The molecule has 0 aliphatic carbocycles. The molecule has 9 heteroatoms. The molecule has 1 heterocycles. The van der Waals surface area contributed by atoms with Crippen LogP contribution in [0.5, 0.6) is 0 Å². The van der Waals surface area contributed by atoms with Gasteiger partial charge in [-0.1, -0.05) is 0 Å². The molecule has 0 fully saturated rings. The number of imidazole rings is 1. The summed E-state index contributed by atoms with van der Waals surface area (Å²) < 4.78 is 0. The molecule has 1 aromatic rings. The highest BCUT2D eigenvalue weighted by molar-refractivity contribution is 5.86. The Morgan fingerprint density at radius 2 is 2.19 bits per heavy atom. The van der Waals surface area contributed by atoms with E-state index in [4.69, 9.17) is 15.0 Å². The molecular formula is C12H20N4O5. The normalized spacial score (nSPS) is 10.8. The Balaban J connectivity index is 0.00000122. The molecule has 0 aliphatic heterocycles. The van der Waals surface area contributed by atoms with Gasteiger partial charge in [0.05, 0.1) is 13.2 Å². The van der Waals surface area contributed by atoms with Crippen molar-refractivity contribution in [1.29, 1.82) is 0 Å². The average molecular weight is 300 g/mol. The molecule has 9 nitrogen and oxygen atoms in total. The molecule has 118 valence electrons. The van der Waals surface area contributed by atoms with Crippen LogP contribution < -0.4 is 5.32 Å². The minimum atomic E-state index is -0.621. The van der Waals surface area contributed by atoms with Gasteiger partial charge in [-0.2, -0.15) is 0 Å². The van der Waals surface area contributed by atoms with Crippen LogP contribution in [0.1, 0.15) is 19.7 Å². The van der Waals surface area contributed by atoms with Crippen molar-refractivity contribution in [3.05, 3.63) is 18.2 Å². The lowest BCUT2D eigenvalue weighted by atomic mass is 10.2. The van der Waals surface area contributed by atoms with Crippen LogP contribution in [0.2, 0.25) is 0 Å². The molecule has 21 heavy (non-hydrogen) atoms. The van der Waals surface area contributed by atoms with Crippen LogP contribution in [-0.2, 0) is 20.9 Å². The van der Waals surface area contributed by atoms with E-state index in [1.54, 1.807) is 19.3 Å². The number of carboxylic acid groups (broad SMARTS) is 1. The minimum Gasteiger partial charge on any atom is -0.483 e. The molecule has 4 N–H and O–H groups in total. The predicted molar refractivity (Wildman–Crippen MR) is 73.1 cm³/mol. The van der Waals surface area contributed by atoms with Crippen molar-refractivity contribution in [2.75, 3.05) is 13.2 Å². The number of aromatic nitrogens is 2. The number of amides is 2. The Labute approximate surface area is 122 Å². The van der Waals surface area contributed by atoms with Gasteiger partial charge in [0.25, 0.3) is 6.47 Å². The van der Waals surface area contributed by atoms with Gasteiger partial charge in [0.15, 0.2) is 0 Å². The lowest BCUT2D eigenvalue weighted by Crippen LogP contribution is -2.47. The Morgan fingerprint density at radius 1 is 1.57 bits per heavy atom. The number of nitrogens with zero attached hydrogens (tertiary/aromatic N) is 2. The highest BCUT2D eigenvalue weighted by Crippen LogP contribution is 2.01. The highest BCUT2D eigenvalue weighted by atomic mass is 16.3. The van der Waals surface area contributed by atoms with E-state index in [1.807, 2.05) is 0 Å². The molecule has 0 aromatic carbocycles.